The smallest absolute Gasteiger partial charge is 0.239 e. The van der Waals surface area contributed by atoms with E-state index in [0.717, 1.165) is 15.7 Å². The number of rotatable bonds is 4. The Bertz CT molecular complexity index is 345. The molecule has 0 aromatic heterocycles. The first-order valence-electron chi connectivity index (χ1n) is 4.86. The number of anilines is 1. The van der Waals surface area contributed by atoms with Gasteiger partial charge in [-0.25, -0.2) is 0 Å². The van der Waals surface area contributed by atoms with E-state index in [0.29, 0.717) is 6.42 Å². The lowest BCUT2D eigenvalue weighted by Gasteiger charge is -2.15. The van der Waals surface area contributed by atoms with E-state index in [1.165, 1.54) is 0 Å². The number of hydrogen-bond acceptors (Lipinski definition) is 2. The SMILES string of the molecule is CCC(Nc1cc(C)cc(Br)c1)C(N)=O. The minimum atomic E-state index is -0.324. The molecule has 0 aliphatic carbocycles. The van der Waals surface area contributed by atoms with Gasteiger partial charge in [-0.2, -0.15) is 0 Å². The van der Waals surface area contributed by atoms with E-state index in [2.05, 4.69) is 21.2 Å². The van der Waals surface area contributed by atoms with Crippen LogP contribution >= 0.6 is 15.9 Å². The molecule has 0 radical (unpaired) electrons. The van der Waals surface area contributed by atoms with Crippen LogP contribution in [-0.4, -0.2) is 11.9 Å². The fourth-order valence-corrected chi connectivity index (χ4v) is 2.00. The van der Waals surface area contributed by atoms with E-state index in [1.54, 1.807) is 0 Å². The van der Waals surface area contributed by atoms with Crippen molar-refractivity contribution in [2.75, 3.05) is 5.32 Å². The molecule has 1 atom stereocenters. The van der Waals surface area contributed by atoms with Crippen molar-refractivity contribution < 1.29 is 4.79 Å². The van der Waals surface area contributed by atoms with E-state index < -0.39 is 0 Å². The zero-order valence-corrected chi connectivity index (χ0v) is 10.5. The van der Waals surface area contributed by atoms with Gasteiger partial charge in [-0.15, -0.1) is 0 Å². The van der Waals surface area contributed by atoms with E-state index in [1.807, 2.05) is 32.0 Å². The minimum absolute atomic E-state index is 0.307. The van der Waals surface area contributed by atoms with Crippen LogP contribution in [0.15, 0.2) is 22.7 Å². The van der Waals surface area contributed by atoms with Crippen molar-refractivity contribution in [2.24, 2.45) is 5.73 Å². The maximum atomic E-state index is 11.1. The summed E-state index contributed by atoms with van der Waals surface area (Å²) in [5, 5.41) is 3.11. The Morgan fingerprint density at radius 2 is 2.20 bits per heavy atom. The molecule has 0 aliphatic heterocycles. The molecule has 0 saturated heterocycles. The Kier molecular flexibility index (Phi) is 4.15. The Morgan fingerprint density at radius 1 is 1.53 bits per heavy atom. The molecule has 0 aliphatic rings. The normalized spacial score (nSPS) is 12.2. The molecule has 1 unspecified atom stereocenters. The van der Waals surface area contributed by atoms with Crippen molar-refractivity contribution in [2.45, 2.75) is 26.3 Å². The van der Waals surface area contributed by atoms with Gasteiger partial charge in [0.2, 0.25) is 5.91 Å². The van der Waals surface area contributed by atoms with Crippen LogP contribution in [0.4, 0.5) is 5.69 Å². The molecule has 0 heterocycles. The van der Waals surface area contributed by atoms with Gasteiger partial charge < -0.3 is 11.1 Å². The van der Waals surface area contributed by atoms with Crippen molar-refractivity contribution in [1.82, 2.24) is 0 Å². The molecular formula is C11H15BrN2O. The third-order valence-corrected chi connectivity index (χ3v) is 2.59. The maximum Gasteiger partial charge on any atom is 0.239 e. The largest absolute Gasteiger partial charge is 0.374 e. The number of halogens is 1. The monoisotopic (exact) mass is 270 g/mol. The molecule has 0 bridgehead atoms. The Morgan fingerprint density at radius 3 is 2.67 bits per heavy atom. The highest BCUT2D eigenvalue weighted by Crippen LogP contribution is 2.20. The zero-order valence-electron chi connectivity index (χ0n) is 8.88. The number of carbonyl (C=O) groups is 1. The summed E-state index contributed by atoms with van der Waals surface area (Å²) in [6.07, 6.45) is 0.681. The van der Waals surface area contributed by atoms with Crippen molar-refractivity contribution in [3.63, 3.8) is 0 Å². The first kappa shape index (κ1) is 12.0. The highest BCUT2D eigenvalue weighted by molar-refractivity contribution is 9.10. The van der Waals surface area contributed by atoms with E-state index in [9.17, 15) is 4.79 Å². The Hall–Kier alpha value is -1.03. The summed E-state index contributed by atoms with van der Waals surface area (Å²) in [4.78, 5) is 11.1. The first-order valence-corrected chi connectivity index (χ1v) is 5.65. The number of primary amides is 1. The summed E-state index contributed by atoms with van der Waals surface area (Å²) >= 11 is 3.41. The summed E-state index contributed by atoms with van der Waals surface area (Å²) in [6, 6.07) is 5.62. The number of nitrogens with two attached hydrogens (primary N) is 1. The first-order chi connectivity index (χ1) is 7.02. The molecule has 1 amide bonds. The van der Waals surface area contributed by atoms with Crippen molar-refractivity contribution >= 4 is 27.5 Å². The lowest BCUT2D eigenvalue weighted by atomic mass is 10.1. The molecule has 1 aromatic carbocycles. The van der Waals surface area contributed by atoms with Crippen LogP contribution in [-0.2, 0) is 4.79 Å². The van der Waals surface area contributed by atoms with Gasteiger partial charge in [0.25, 0.3) is 0 Å². The van der Waals surface area contributed by atoms with Crippen LogP contribution < -0.4 is 11.1 Å². The standard InChI is InChI=1S/C11H15BrN2O/c1-3-10(11(13)15)14-9-5-7(2)4-8(12)6-9/h4-6,10,14H,3H2,1-2H3,(H2,13,15). The molecule has 0 saturated carbocycles. The lowest BCUT2D eigenvalue weighted by molar-refractivity contribution is -0.118. The fraction of sp³-hybridized carbons (Fsp3) is 0.364. The van der Waals surface area contributed by atoms with Gasteiger partial charge in [-0.3, -0.25) is 4.79 Å². The second kappa shape index (κ2) is 5.16. The van der Waals surface area contributed by atoms with Crippen LogP contribution in [0.1, 0.15) is 18.9 Å². The van der Waals surface area contributed by atoms with Gasteiger partial charge in [0, 0.05) is 10.2 Å². The molecule has 0 spiro atoms. The number of hydrogen-bond donors (Lipinski definition) is 2. The average Bonchev–Trinajstić information content (AvgIpc) is 2.12. The van der Waals surface area contributed by atoms with Crippen LogP contribution in [0, 0.1) is 6.92 Å². The molecule has 1 aromatic rings. The Balaban J connectivity index is 2.83. The van der Waals surface area contributed by atoms with Gasteiger partial charge >= 0.3 is 0 Å². The number of carbonyl (C=O) groups excluding carboxylic acids is 1. The van der Waals surface area contributed by atoms with Crippen LogP contribution in [0.5, 0.6) is 0 Å². The number of amides is 1. The van der Waals surface area contributed by atoms with Gasteiger partial charge in [-0.05, 0) is 37.1 Å². The van der Waals surface area contributed by atoms with E-state index in [-0.39, 0.29) is 11.9 Å². The third-order valence-electron chi connectivity index (χ3n) is 2.13. The van der Waals surface area contributed by atoms with Crippen LogP contribution in [0.25, 0.3) is 0 Å². The molecule has 15 heavy (non-hydrogen) atoms. The quantitative estimate of drug-likeness (QED) is 0.883. The average molecular weight is 271 g/mol. The van der Waals surface area contributed by atoms with Crippen molar-refractivity contribution in [3.8, 4) is 0 Å². The third kappa shape index (κ3) is 3.55. The fourth-order valence-electron chi connectivity index (χ4n) is 1.40. The molecule has 3 N–H and O–H groups in total. The van der Waals surface area contributed by atoms with E-state index in [4.69, 9.17) is 5.73 Å². The zero-order chi connectivity index (χ0) is 11.4. The number of aryl methyl sites for hydroxylation is 1. The predicted octanol–water partition coefficient (Wildman–Crippen LogP) is 2.43. The molecule has 3 nitrogen and oxygen atoms in total. The lowest BCUT2D eigenvalue weighted by Crippen LogP contribution is -2.34. The number of nitrogens with one attached hydrogen (secondary N) is 1. The second-order valence-corrected chi connectivity index (χ2v) is 4.44. The van der Waals surface area contributed by atoms with Crippen LogP contribution in [0.2, 0.25) is 0 Å². The predicted molar refractivity (Wildman–Crippen MR) is 65.8 cm³/mol. The van der Waals surface area contributed by atoms with Gasteiger partial charge in [-0.1, -0.05) is 22.9 Å². The highest BCUT2D eigenvalue weighted by Gasteiger charge is 2.12. The maximum absolute atomic E-state index is 11.1. The topological polar surface area (TPSA) is 55.1 Å². The van der Waals surface area contributed by atoms with Gasteiger partial charge in [0.15, 0.2) is 0 Å². The summed E-state index contributed by atoms with van der Waals surface area (Å²) < 4.78 is 0.990. The Labute approximate surface area is 98.2 Å². The van der Waals surface area contributed by atoms with Crippen molar-refractivity contribution in [3.05, 3.63) is 28.2 Å². The number of benzene rings is 1. The van der Waals surface area contributed by atoms with E-state index >= 15 is 0 Å². The summed E-state index contributed by atoms with van der Waals surface area (Å²) in [6.45, 7) is 3.93. The molecule has 82 valence electrons. The van der Waals surface area contributed by atoms with Crippen molar-refractivity contribution in [1.29, 1.82) is 0 Å². The summed E-state index contributed by atoms with van der Waals surface area (Å²) in [5.41, 5.74) is 7.30. The molecule has 4 heteroatoms. The molecule has 0 fully saturated rings. The van der Waals surface area contributed by atoms with Crippen LogP contribution in [0.3, 0.4) is 0 Å². The summed E-state index contributed by atoms with van der Waals surface area (Å²) in [5.74, 6) is -0.324. The minimum Gasteiger partial charge on any atom is -0.374 e. The summed E-state index contributed by atoms with van der Waals surface area (Å²) in [7, 11) is 0. The second-order valence-electron chi connectivity index (χ2n) is 3.52. The molecule has 1 rings (SSSR count). The van der Waals surface area contributed by atoms with Gasteiger partial charge in [0.1, 0.15) is 6.04 Å². The van der Waals surface area contributed by atoms with Gasteiger partial charge in [0.05, 0.1) is 0 Å². The molecular weight excluding hydrogens is 256 g/mol. The highest BCUT2D eigenvalue weighted by atomic mass is 79.9.